The summed E-state index contributed by atoms with van der Waals surface area (Å²) in [6.07, 6.45) is 1.37. The van der Waals surface area contributed by atoms with Gasteiger partial charge in [-0.05, 0) is 24.3 Å². The van der Waals surface area contributed by atoms with Gasteiger partial charge in [0.05, 0.1) is 7.11 Å². The van der Waals surface area contributed by atoms with Gasteiger partial charge < -0.3 is 10.1 Å². The maximum atomic E-state index is 12.4. The smallest absolute Gasteiger partial charge is 0.244 e. The summed E-state index contributed by atoms with van der Waals surface area (Å²) < 4.78 is 31.4. The molecule has 0 aliphatic rings. The van der Waals surface area contributed by atoms with Crippen molar-refractivity contribution < 1.29 is 13.2 Å². The minimum Gasteiger partial charge on any atom is -0.497 e. The predicted octanol–water partition coefficient (Wildman–Crippen LogP) is 2.86. The van der Waals surface area contributed by atoms with Crippen molar-refractivity contribution in [3.63, 3.8) is 0 Å². The molecule has 0 amide bonds. The second-order valence-electron chi connectivity index (χ2n) is 4.83. The van der Waals surface area contributed by atoms with Gasteiger partial charge in [0.1, 0.15) is 16.5 Å². The molecule has 0 bridgehead atoms. The molecular weight excluding hydrogens is 314 g/mol. The van der Waals surface area contributed by atoms with Crippen molar-refractivity contribution >= 4 is 21.5 Å². The van der Waals surface area contributed by atoms with Gasteiger partial charge >= 0.3 is 0 Å². The van der Waals surface area contributed by atoms with Crippen LogP contribution in [0.25, 0.3) is 0 Å². The van der Waals surface area contributed by atoms with Crippen LogP contribution in [0.1, 0.15) is 13.8 Å². The fourth-order valence-electron chi connectivity index (χ4n) is 2.17. The Morgan fingerprint density at radius 3 is 2.48 bits per heavy atom. The third-order valence-corrected chi connectivity index (χ3v) is 5.46. The lowest BCUT2D eigenvalue weighted by molar-refractivity contribution is 0.415. The van der Waals surface area contributed by atoms with E-state index in [2.05, 4.69) is 10.3 Å². The van der Waals surface area contributed by atoms with Gasteiger partial charge in [0.15, 0.2) is 0 Å². The molecular formula is C16H21N3O3S. The molecule has 1 aromatic heterocycles. The summed E-state index contributed by atoms with van der Waals surface area (Å²) in [5.74, 6) is 1.30. The van der Waals surface area contributed by atoms with E-state index in [4.69, 9.17) is 4.74 Å². The van der Waals surface area contributed by atoms with E-state index >= 15 is 0 Å². The van der Waals surface area contributed by atoms with Crippen molar-refractivity contribution in [2.24, 2.45) is 0 Å². The van der Waals surface area contributed by atoms with Crippen LogP contribution in [-0.2, 0) is 10.0 Å². The van der Waals surface area contributed by atoms with Crippen LogP contribution in [0.4, 0.5) is 11.5 Å². The van der Waals surface area contributed by atoms with Crippen molar-refractivity contribution in [2.45, 2.75) is 18.7 Å². The number of aromatic nitrogens is 1. The third kappa shape index (κ3) is 4.00. The van der Waals surface area contributed by atoms with Gasteiger partial charge in [-0.25, -0.2) is 13.4 Å². The van der Waals surface area contributed by atoms with E-state index in [0.717, 1.165) is 11.4 Å². The topological polar surface area (TPSA) is 71.5 Å². The molecule has 2 aromatic rings. The molecule has 0 aliphatic heterocycles. The van der Waals surface area contributed by atoms with Crippen molar-refractivity contribution in [3.8, 4) is 5.75 Å². The average molecular weight is 335 g/mol. The monoisotopic (exact) mass is 335 g/mol. The predicted molar refractivity (Wildman–Crippen MR) is 90.6 cm³/mol. The third-order valence-electron chi connectivity index (χ3n) is 3.42. The Balaban J connectivity index is 2.19. The lowest BCUT2D eigenvalue weighted by Crippen LogP contribution is -2.30. The summed E-state index contributed by atoms with van der Waals surface area (Å²) >= 11 is 0. The Kier molecular flexibility index (Phi) is 5.57. The number of nitrogens with one attached hydrogen (secondary N) is 1. The van der Waals surface area contributed by atoms with Gasteiger partial charge in [-0.3, -0.25) is 0 Å². The second-order valence-corrected chi connectivity index (χ2v) is 6.76. The zero-order chi connectivity index (χ0) is 16.9. The van der Waals surface area contributed by atoms with E-state index in [1.54, 1.807) is 19.2 Å². The maximum absolute atomic E-state index is 12.4. The molecule has 1 heterocycles. The molecule has 1 N–H and O–H groups in total. The number of hydrogen-bond acceptors (Lipinski definition) is 5. The Morgan fingerprint density at radius 2 is 1.91 bits per heavy atom. The highest BCUT2D eigenvalue weighted by molar-refractivity contribution is 7.89. The number of benzene rings is 1. The number of sulfonamides is 1. The molecule has 0 aliphatic carbocycles. The second kappa shape index (κ2) is 7.43. The van der Waals surface area contributed by atoms with Crippen molar-refractivity contribution in [3.05, 3.63) is 42.6 Å². The highest BCUT2D eigenvalue weighted by Gasteiger charge is 2.21. The summed E-state index contributed by atoms with van der Waals surface area (Å²) in [5.41, 5.74) is 0.816. The minimum absolute atomic E-state index is 0.192. The molecule has 0 saturated carbocycles. The molecule has 0 radical (unpaired) electrons. The molecule has 6 nitrogen and oxygen atoms in total. The van der Waals surface area contributed by atoms with Crippen LogP contribution in [0, 0.1) is 0 Å². The molecule has 0 atom stereocenters. The van der Waals surface area contributed by atoms with E-state index in [1.807, 2.05) is 38.1 Å². The van der Waals surface area contributed by atoms with Crippen LogP contribution >= 0.6 is 0 Å². The molecule has 2 rings (SSSR count). The molecule has 23 heavy (non-hydrogen) atoms. The Bertz CT molecular complexity index is 741. The molecule has 0 unspecified atom stereocenters. The minimum atomic E-state index is -3.48. The van der Waals surface area contributed by atoms with Crippen LogP contribution in [0.5, 0.6) is 5.75 Å². The van der Waals surface area contributed by atoms with E-state index in [9.17, 15) is 8.42 Å². The van der Waals surface area contributed by atoms with E-state index in [-0.39, 0.29) is 4.90 Å². The fraction of sp³-hybridized carbons (Fsp3) is 0.312. The Hall–Kier alpha value is -2.12. The Morgan fingerprint density at radius 1 is 1.17 bits per heavy atom. The number of hydrogen-bond donors (Lipinski definition) is 1. The summed E-state index contributed by atoms with van der Waals surface area (Å²) in [6, 6.07) is 10.6. The molecule has 1 aromatic carbocycles. The number of nitrogens with zero attached hydrogens (tertiary/aromatic N) is 2. The standard InChI is InChI=1S/C16H21N3O3S/c1-4-19(5-2)23(20,21)15-9-10-16(17-12-15)18-13-7-6-8-14(11-13)22-3/h6-12H,4-5H2,1-3H3,(H,17,18). The van der Waals surface area contributed by atoms with Gasteiger partial charge in [0.2, 0.25) is 10.0 Å². The van der Waals surface area contributed by atoms with Crippen molar-refractivity contribution in [2.75, 3.05) is 25.5 Å². The van der Waals surface area contributed by atoms with Gasteiger partial charge in [-0.2, -0.15) is 4.31 Å². The SMILES string of the molecule is CCN(CC)S(=O)(=O)c1ccc(Nc2cccc(OC)c2)nc1. The first-order valence-corrected chi connectivity index (χ1v) is 8.82. The normalized spacial score (nSPS) is 11.5. The van der Waals surface area contributed by atoms with Crippen molar-refractivity contribution in [1.29, 1.82) is 0 Å². The molecule has 0 spiro atoms. The summed E-state index contributed by atoms with van der Waals surface area (Å²) in [4.78, 5) is 4.38. The van der Waals surface area contributed by atoms with E-state index in [1.165, 1.54) is 10.5 Å². The van der Waals surface area contributed by atoms with Gasteiger partial charge in [0, 0.05) is 31.0 Å². The van der Waals surface area contributed by atoms with Crippen LogP contribution in [-0.4, -0.2) is 37.9 Å². The first-order valence-electron chi connectivity index (χ1n) is 7.38. The number of rotatable bonds is 7. The van der Waals surface area contributed by atoms with Crippen LogP contribution in [0.2, 0.25) is 0 Å². The van der Waals surface area contributed by atoms with Gasteiger partial charge in [-0.15, -0.1) is 0 Å². The summed E-state index contributed by atoms with van der Waals surface area (Å²) in [6.45, 7) is 4.49. The molecule has 0 saturated heterocycles. The van der Waals surface area contributed by atoms with Crippen LogP contribution < -0.4 is 10.1 Å². The average Bonchev–Trinajstić information content (AvgIpc) is 2.56. The number of anilines is 2. The molecule has 7 heteroatoms. The zero-order valence-corrected chi connectivity index (χ0v) is 14.3. The van der Waals surface area contributed by atoms with Crippen molar-refractivity contribution in [1.82, 2.24) is 9.29 Å². The lowest BCUT2D eigenvalue weighted by Gasteiger charge is -2.18. The number of pyridine rings is 1. The highest BCUT2D eigenvalue weighted by Crippen LogP contribution is 2.21. The van der Waals surface area contributed by atoms with Gasteiger partial charge in [0.25, 0.3) is 0 Å². The maximum Gasteiger partial charge on any atom is 0.244 e. The van der Waals surface area contributed by atoms with Crippen LogP contribution in [0.3, 0.4) is 0 Å². The number of methoxy groups -OCH3 is 1. The van der Waals surface area contributed by atoms with Gasteiger partial charge in [-0.1, -0.05) is 19.9 Å². The summed E-state index contributed by atoms with van der Waals surface area (Å²) in [7, 11) is -1.88. The summed E-state index contributed by atoms with van der Waals surface area (Å²) in [5, 5.41) is 3.11. The quantitative estimate of drug-likeness (QED) is 0.842. The highest BCUT2D eigenvalue weighted by atomic mass is 32.2. The first-order chi connectivity index (χ1) is 11.0. The first kappa shape index (κ1) is 17.2. The number of ether oxygens (including phenoxy) is 1. The largest absolute Gasteiger partial charge is 0.497 e. The zero-order valence-electron chi connectivity index (χ0n) is 13.5. The molecule has 124 valence electrons. The van der Waals surface area contributed by atoms with E-state index < -0.39 is 10.0 Å². The lowest BCUT2D eigenvalue weighted by atomic mass is 10.3. The van der Waals surface area contributed by atoms with Crippen LogP contribution in [0.15, 0.2) is 47.5 Å². The molecule has 0 fully saturated rings. The Labute approximate surface area is 137 Å². The fourth-order valence-corrected chi connectivity index (χ4v) is 3.57. The van der Waals surface area contributed by atoms with E-state index in [0.29, 0.717) is 18.9 Å².